The number of nitrogens with one attached hydrogen (secondary N) is 1. The number of fused-ring (bicyclic) bond motifs is 1. The zero-order valence-electron chi connectivity index (χ0n) is 6.21. The van der Waals surface area contributed by atoms with E-state index in [2.05, 4.69) is 37.5 Å². The molecule has 2 rings (SSSR count). The van der Waals surface area contributed by atoms with Crippen molar-refractivity contribution in [1.82, 2.24) is 15.0 Å². The fourth-order valence-corrected chi connectivity index (χ4v) is 1.61. The monoisotopic (exact) mass is 223 g/mol. The van der Waals surface area contributed by atoms with Gasteiger partial charge in [-0.15, -0.1) is 0 Å². The first-order chi connectivity index (χ1) is 5.83. The smallest absolute Gasteiger partial charge is 0.106 e. The van der Waals surface area contributed by atoms with E-state index in [1.807, 2.05) is 0 Å². The molecule has 2 aromatic rings. The van der Waals surface area contributed by atoms with Gasteiger partial charge in [0.25, 0.3) is 0 Å². The topological polar surface area (TPSA) is 41.6 Å². The van der Waals surface area contributed by atoms with E-state index in [0.717, 1.165) is 21.2 Å². The number of aromatic nitrogens is 3. The van der Waals surface area contributed by atoms with Gasteiger partial charge in [0, 0.05) is 0 Å². The van der Waals surface area contributed by atoms with Crippen LogP contribution in [0, 0.1) is 0 Å². The molecular weight excluding hydrogens is 218 g/mol. The van der Waals surface area contributed by atoms with Crippen LogP contribution in [-0.2, 0) is 0 Å². The Hall–Kier alpha value is -1.16. The van der Waals surface area contributed by atoms with E-state index >= 15 is 0 Å². The zero-order valence-corrected chi connectivity index (χ0v) is 7.80. The average Bonchev–Trinajstić information content (AvgIpc) is 2.53. The first kappa shape index (κ1) is 7.49. The van der Waals surface area contributed by atoms with Crippen LogP contribution in [0.5, 0.6) is 0 Å². The second kappa shape index (κ2) is 2.71. The first-order valence-electron chi connectivity index (χ1n) is 3.43. The second-order valence-electron chi connectivity index (χ2n) is 2.33. The van der Waals surface area contributed by atoms with Crippen molar-refractivity contribution in [3.8, 4) is 0 Å². The maximum atomic E-state index is 4.16. The summed E-state index contributed by atoms with van der Waals surface area (Å²) in [5.74, 6) is 0. The summed E-state index contributed by atoms with van der Waals surface area (Å²) in [6, 6.07) is 0. The van der Waals surface area contributed by atoms with E-state index in [1.54, 1.807) is 18.6 Å². The lowest BCUT2D eigenvalue weighted by Gasteiger charge is -1.96. The highest BCUT2D eigenvalue weighted by Crippen LogP contribution is 2.23. The standard InChI is InChI=1S/C8H6BrN3/c1-2-5-7(9)8-6(3-10-5)11-4-12-8/h2-4H,1H2,(H,11,12). The van der Waals surface area contributed by atoms with Crippen LogP contribution in [0.2, 0.25) is 0 Å². The Bertz CT molecular complexity index is 433. The summed E-state index contributed by atoms with van der Waals surface area (Å²) in [4.78, 5) is 11.3. The normalized spacial score (nSPS) is 10.4. The largest absolute Gasteiger partial charge is 0.343 e. The van der Waals surface area contributed by atoms with Crippen LogP contribution < -0.4 is 0 Å². The number of hydrogen-bond donors (Lipinski definition) is 1. The first-order valence-corrected chi connectivity index (χ1v) is 4.22. The zero-order chi connectivity index (χ0) is 8.55. The van der Waals surface area contributed by atoms with E-state index in [1.165, 1.54) is 0 Å². The summed E-state index contributed by atoms with van der Waals surface area (Å²) >= 11 is 3.40. The van der Waals surface area contributed by atoms with Gasteiger partial charge in [0.05, 0.1) is 28.2 Å². The molecule has 3 nitrogen and oxygen atoms in total. The summed E-state index contributed by atoms with van der Waals surface area (Å²) in [6.07, 6.45) is 5.08. The number of pyridine rings is 1. The van der Waals surface area contributed by atoms with Gasteiger partial charge in [-0.1, -0.05) is 6.58 Å². The Labute approximate surface area is 77.7 Å². The number of imidazole rings is 1. The van der Waals surface area contributed by atoms with E-state index in [9.17, 15) is 0 Å². The highest BCUT2D eigenvalue weighted by atomic mass is 79.9. The molecule has 0 aliphatic heterocycles. The van der Waals surface area contributed by atoms with Gasteiger partial charge in [-0.3, -0.25) is 4.98 Å². The van der Waals surface area contributed by atoms with Crippen molar-refractivity contribution >= 4 is 33.0 Å². The van der Waals surface area contributed by atoms with Crippen molar-refractivity contribution in [3.05, 3.63) is 29.3 Å². The van der Waals surface area contributed by atoms with Gasteiger partial charge >= 0.3 is 0 Å². The van der Waals surface area contributed by atoms with Gasteiger partial charge < -0.3 is 4.98 Å². The maximum Gasteiger partial charge on any atom is 0.106 e. The number of halogens is 1. The fourth-order valence-electron chi connectivity index (χ4n) is 1.03. The summed E-state index contributed by atoms with van der Waals surface area (Å²) in [5.41, 5.74) is 2.63. The predicted octanol–water partition coefficient (Wildman–Crippen LogP) is 2.36. The van der Waals surface area contributed by atoms with E-state index < -0.39 is 0 Å². The van der Waals surface area contributed by atoms with Crippen LogP contribution in [0.1, 0.15) is 5.69 Å². The molecule has 60 valence electrons. The number of nitrogens with zero attached hydrogens (tertiary/aromatic N) is 2. The number of H-pyrrole nitrogens is 1. The van der Waals surface area contributed by atoms with Crippen molar-refractivity contribution in [3.63, 3.8) is 0 Å². The molecule has 2 heterocycles. The molecule has 2 aromatic heterocycles. The highest BCUT2D eigenvalue weighted by Gasteiger charge is 2.04. The molecule has 0 radical (unpaired) electrons. The predicted molar refractivity (Wildman–Crippen MR) is 51.7 cm³/mol. The molecule has 0 fully saturated rings. The lowest BCUT2D eigenvalue weighted by Crippen LogP contribution is -1.83. The third kappa shape index (κ3) is 0.956. The van der Waals surface area contributed by atoms with Crippen LogP contribution in [0.25, 0.3) is 17.1 Å². The quantitative estimate of drug-likeness (QED) is 0.807. The summed E-state index contributed by atoms with van der Waals surface area (Å²) < 4.78 is 0.885. The Morgan fingerprint density at radius 2 is 2.33 bits per heavy atom. The molecule has 0 bridgehead atoms. The molecule has 0 unspecified atom stereocenters. The van der Waals surface area contributed by atoms with Gasteiger partial charge in [0.15, 0.2) is 0 Å². The molecule has 0 aromatic carbocycles. The van der Waals surface area contributed by atoms with E-state index in [4.69, 9.17) is 0 Å². The van der Waals surface area contributed by atoms with E-state index in [0.29, 0.717) is 0 Å². The van der Waals surface area contributed by atoms with Crippen molar-refractivity contribution < 1.29 is 0 Å². The maximum absolute atomic E-state index is 4.16. The number of hydrogen-bond acceptors (Lipinski definition) is 2. The van der Waals surface area contributed by atoms with Crippen molar-refractivity contribution in [2.24, 2.45) is 0 Å². The molecule has 0 aliphatic carbocycles. The molecule has 0 aliphatic rings. The average molecular weight is 224 g/mol. The lowest BCUT2D eigenvalue weighted by atomic mass is 10.3. The minimum Gasteiger partial charge on any atom is -0.343 e. The Kier molecular flexibility index (Phi) is 1.69. The third-order valence-corrected chi connectivity index (χ3v) is 2.41. The van der Waals surface area contributed by atoms with Crippen LogP contribution in [0.4, 0.5) is 0 Å². The van der Waals surface area contributed by atoms with Crippen LogP contribution >= 0.6 is 15.9 Å². The molecule has 0 saturated heterocycles. The molecule has 4 heteroatoms. The molecule has 1 N–H and O–H groups in total. The van der Waals surface area contributed by atoms with Gasteiger partial charge in [-0.2, -0.15) is 0 Å². The molecule has 0 spiro atoms. The summed E-state index contributed by atoms with van der Waals surface area (Å²) in [6.45, 7) is 3.65. The second-order valence-corrected chi connectivity index (χ2v) is 3.12. The number of aromatic amines is 1. The number of rotatable bonds is 1. The van der Waals surface area contributed by atoms with Crippen LogP contribution in [0.15, 0.2) is 23.6 Å². The van der Waals surface area contributed by atoms with Gasteiger partial charge in [0.1, 0.15) is 5.52 Å². The van der Waals surface area contributed by atoms with Crippen LogP contribution in [0.3, 0.4) is 0 Å². The Morgan fingerprint density at radius 1 is 1.50 bits per heavy atom. The third-order valence-electron chi connectivity index (χ3n) is 1.63. The molecule has 0 amide bonds. The lowest BCUT2D eigenvalue weighted by molar-refractivity contribution is 1.29. The summed E-state index contributed by atoms with van der Waals surface area (Å²) in [5, 5.41) is 0. The summed E-state index contributed by atoms with van der Waals surface area (Å²) in [7, 11) is 0. The van der Waals surface area contributed by atoms with Crippen molar-refractivity contribution in [2.75, 3.05) is 0 Å². The molecule has 0 atom stereocenters. The Morgan fingerprint density at radius 3 is 3.08 bits per heavy atom. The SMILES string of the molecule is C=Cc1ncc2[nH]cnc2c1Br. The van der Waals surface area contributed by atoms with Gasteiger partial charge in [-0.25, -0.2) is 4.98 Å². The van der Waals surface area contributed by atoms with Crippen LogP contribution in [-0.4, -0.2) is 15.0 Å². The van der Waals surface area contributed by atoms with E-state index in [-0.39, 0.29) is 0 Å². The molecule has 0 saturated carbocycles. The van der Waals surface area contributed by atoms with Crippen molar-refractivity contribution in [2.45, 2.75) is 0 Å². The minimum atomic E-state index is 0.814. The Balaban J connectivity index is 2.86. The highest BCUT2D eigenvalue weighted by molar-refractivity contribution is 9.10. The van der Waals surface area contributed by atoms with Gasteiger partial charge in [-0.05, 0) is 22.0 Å². The van der Waals surface area contributed by atoms with Gasteiger partial charge in [0.2, 0.25) is 0 Å². The molecular formula is C8H6BrN3. The van der Waals surface area contributed by atoms with Crippen molar-refractivity contribution in [1.29, 1.82) is 0 Å². The fraction of sp³-hybridized carbons (Fsp3) is 0. The molecule has 12 heavy (non-hydrogen) atoms. The minimum absolute atomic E-state index is 0.814.